The van der Waals surface area contributed by atoms with Gasteiger partial charge in [-0.25, -0.2) is 4.39 Å². The molecule has 13 heteroatoms. The summed E-state index contributed by atoms with van der Waals surface area (Å²) < 4.78 is 62.6. The van der Waals surface area contributed by atoms with Crippen LogP contribution in [0.4, 0.5) is 29.3 Å². The van der Waals surface area contributed by atoms with Crippen molar-refractivity contribution < 1.29 is 32.2 Å². The normalized spacial score (nSPS) is 19.5. The largest absolute Gasteiger partial charge is 0.480 e. The van der Waals surface area contributed by atoms with Gasteiger partial charge in [-0.15, -0.1) is 0 Å². The van der Waals surface area contributed by atoms with Gasteiger partial charge in [0, 0.05) is 36.3 Å². The van der Waals surface area contributed by atoms with Gasteiger partial charge in [-0.2, -0.15) is 23.1 Å². The third kappa shape index (κ3) is 5.92. The molecule has 0 saturated carbocycles. The van der Waals surface area contributed by atoms with Gasteiger partial charge in [-0.3, -0.25) is 4.79 Å². The van der Waals surface area contributed by atoms with Crippen LogP contribution in [0.2, 0.25) is 5.02 Å². The number of ether oxygens (including phenoxy) is 1. The highest BCUT2D eigenvalue weighted by molar-refractivity contribution is 6.30. The number of carboxylic acids is 1. The lowest BCUT2D eigenvalue weighted by molar-refractivity contribution is -0.198. The number of nitrogen functional groups attached to an aromatic ring is 1. The van der Waals surface area contributed by atoms with E-state index in [1.807, 2.05) is 4.90 Å². The molecule has 8 nitrogen and oxygen atoms in total. The van der Waals surface area contributed by atoms with Crippen LogP contribution in [0.1, 0.15) is 30.9 Å². The zero-order valence-corrected chi connectivity index (χ0v) is 21.8. The molecule has 3 aromatic rings. The van der Waals surface area contributed by atoms with Gasteiger partial charge in [0.25, 0.3) is 0 Å². The standard InChI is InChI=1S/C27H26ClF4N5O3/c28-16-4-5-18(19(11-16)15-2-1-3-17(29)10-15)23(27(30,31)32)40-22-12-21(35-25(33)36-22)37-8-6-26(7-9-37)13-20(24(38)39)34-14-26/h1-5,10-12,20,23,34H,6-9,13-14H2,(H,38,39)(H2,33,35,36). The Balaban J connectivity index is 1.41. The van der Waals surface area contributed by atoms with Crippen LogP contribution in [-0.4, -0.2) is 52.9 Å². The topological polar surface area (TPSA) is 114 Å². The zero-order valence-electron chi connectivity index (χ0n) is 21.1. The minimum atomic E-state index is -4.87. The van der Waals surface area contributed by atoms with Crippen molar-refractivity contribution in [3.8, 4) is 17.0 Å². The molecule has 1 spiro atoms. The van der Waals surface area contributed by atoms with E-state index < -0.39 is 30.1 Å². The monoisotopic (exact) mass is 579 g/mol. The van der Waals surface area contributed by atoms with Crippen molar-refractivity contribution in [3.63, 3.8) is 0 Å². The quantitative estimate of drug-likeness (QED) is 0.340. The van der Waals surface area contributed by atoms with Gasteiger partial charge in [-0.05, 0) is 60.1 Å². The lowest BCUT2D eigenvalue weighted by Crippen LogP contribution is -2.41. The Labute approximate surface area is 232 Å². The second kappa shape index (κ2) is 10.7. The predicted octanol–water partition coefficient (Wildman–Crippen LogP) is 5.23. The van der Waals surface area contributed by atoms with Crippen molar-refractivity contribution in [2.45, 2.75) is 37.6 Å². The number of hydrogen-bond acceptors (Lipinski definition) is 7. The summed E-state index contributed by atoms with van der Waals surface area (Å²) in [5, 5.41) is 12.5. The SMILES string of the molecule is Nc1nc(OC(c2ccc(Cl)cc2-c2cccc(F)c2)C(F)(F)F)cc(N2CCC3(CC2)CNC(C(=O)O)C3)n1. The van der Waals surface area contributed by atoms with E-state index in [2.05, 4.69) is 15.3 Å². The van der Waals surface area contributed by atoms with Crippen LogP contribution in [0.5, 0.6) is 5.88 Å². The molecular weight excluding hydrogens is 554 g/mol. The summed E-state index contributed by atoms with van der Waals surface area (Å²) in [6.07, 6.45) is -5.47. The van der Waals surface area contributed by atoms with Gasteiger partial charge >= 0.3 is 12.1 Å². The van der Waals surface area contributed by atoms with Gasteiger partial charge in [0.2, 0.25) is 17.9 Å². The Morgan fingerprint density at radius 2 is 1.93 bits per heavy atom. The second-order valence-electron chi connectivity index (χ2n) is 10.2. The molecule has 0 amide bonds. The number of nitrogens with one attached hydrogen (secondary N) is 1. The fourth-order valence-corrected chi connectivity index (χ4v) is 5.60. The summed E-state index contributed by atoms with van der Waals surface area (Å²) in [6.45, 7) is 1.60. The van der Waals surface area contributed by atoms with Gasteiger partial charge in [0.15, 0.2) is 0 Å². The molecule has 2 unspecified atom stereocenters. The van der Waals surface area contributed by atoms with Crippen LogP contribution in [-0.2, 0) is 4.79 Å². The molecule has 5 rings (SSSR count). The summed E-state index contributed by atoms with van der Waals surface area (Å²) in [5.41, 5.74) is 5.69. The molecule has 2 fully saturated rings. The summed E-state index contributed by atoms with van der Waals surface area (Å²) in [7, 11) is 0. The highest BCUT2D eigenvalue weighted by Gasteiger charge is 2.46. The molecule has 1 aromatic heterocycles. The Morgan fingerprint density at radius 1 is 1.18 bits per heavy atom. The molecule has 2 aromatic carbocycles. The van der Waals surface area contributed by atoms with Gasteiger partial charge in [0.05, 0.1) is 0 Å². The van der Waals surface area contributed by atoms with E-state index in [0.717, 1.165) is 6.07 Å². The van der Waals surface area contributed by atoms with Crippen molar-refractivity contribution in [2.75, 3.05) is 30.3 Å². The van der Waals surface area contributed by atoms with Crippen LogP contribution in [0.15, 0.2) is 48.5 Å². The summed E-state index contributed by atoms with van der Waals surface area (Å²) in [5.74, 6) is -1.83. The Morgan fingerprint density at radius 3 is 2.58 bits per heavy atom. The van der Waals surface area contributed by atoms with Gasteiger partial charge in [0.1, 0.15) is 17.7 Å². The summed E-state index contributed by atoms with van der Waals surface area (Å²) in [4.78, 5) is 21.3. The number of carboxylic acid groups (broad SMARTS) is 1. The molecule has 2 aliphatic rings. The van der Waals surface area contributed by atoms with Crippen molar-refractivity contribution >= 4 is 29.3 Å². The second-order valence-corrected chi connectivity index (χ2v) is 10.6. The molecule has 0 radical (unpaired) electrons. The first-order chi connectivity index (χ1) is 18.9. The highest BCUT2D eigenvalue weighted by atomic mass is 35.5. The molecule has 0 bridgehead atoms. The van der Waals surface area contributed by atoms with E-state index in [9.17, 15) is 27.5 Å². The van der Waals surface area contributed by atoms with Crippen molar-refractivity contribution in [3.05, 3.63) is 64.9 Å². The molecule has 40 heavy (non-hydrogen) atoms. The molecule has 0 aliphatic carbocycles. The van der Waals surface area contributed by atoms with Crippen molar-refractivity contribution in [2.24, 2.45) is 5.41 Å². The third-order valence-electron chi connectivity index (χ3n) is 7.48. The lowest BCUT2D eigenvalue weighted by Gasteiger charge is -2.39. The number of piperidine rings is 1. The number of aromatic nitrogens is 2. The van der Waals surface area contributed by atoms with Crippen LogP contribution in [0.25, 0.3) is 11.1 Å². The fraction of sp³-hybridized carbons (Fsp3) is 0.370. The molecule has 2 aliphatic heterocycles. The van der Waals surface area contributed by atoms with Crippen LogP contribution in [0, 0.1) is 11.2 Å². The number of nitrogens with zero attached hydrogens (tertiary/aromatic N) is 3. The first-order valence-electron chi connectivity index (χ1n) is 12.6. The zero-order chi connectivity index (χ0) is 28.7. The van der Waals surface area contributed by atoms with E-state index in [1.165, 1.54) is 42.5 Å². The number of rotatable bonds is 6. The van der Waals surface area contributed by atoms with Crippen LogP contribution < -0.4 is 20.7 Å². The third-order valence-corrected chi connectivity index (χ3v) is 7.72. The molecular formula is C27H26ClF4N5O3. The maximum Gasteiger partial charge on any atom is 0.429 e. The maximum absolute atomic E-state index is 14.4. The minimum absolute atomic E-state index is 0.0581. The van der Waals surface area contributed by atoms with Crippen LogP contribution >= 0.6 is 11.6 Å². The van der Waals surface area contributed by atoms with Crippen molar-refractivity contribution in [1.82, 2.24) is 15.3 Å². The Bertz CT molecular complexity index is 1420. The number of aliphatic carboxylic acids is 1. The molecule has 4 N–H and O–H groups in total. The van der Waals surface area contributed by atoms with E-state index in [4.69, 9.17) is 22.1 Å². The predicted molar refractivity (Wildman–Crippen MR) is 141 cm³/mol. The number of nitrogens with two attached hydrogens (primary N) is 1. The number of alkyl halides is 3. The molecule has 2 saturated heterocycles. The molecule has 212 valence electrons. The van der Waals surface area contributed by atoms with E-state index in [0.29, 0.717) is 44.7 Å². The smallest absolute Gasteiger partial charge is 0.429 e. The summed E-state index contributed by atoms with van der Waals surface area (Å²) >= 11 is 6.09. The fourth-order valence-electron chi connectivity index (χ4n) is 5.43. The Kier molecular flexibility index (Phi) is 7.49. The maximum atomic E-state index is 14.4. The van der Waals surface area contributed by atoms with Gasteiger partial charge < -0.3 is 25.8 Å². The Hall–Kier alpha value is -3.64. The van der Waals surface area contributed by atoms with Gasteiger partial charge in [-0.1, -0.05) is 29.8 Å². The number of carbonyl (C=O) groups is 1. The number of benzene rings is 2. The first kappa shape index (κ1) is 27.9. The highest BCUT2D eigenvalue weighted by Crippen LogP contribution is 2.43. The minimum Gasteiger partial charge on any atom is -0.480 e. The van der Waals surface area contributed by atoms with E-state index in [-0.39, 0.29) is 39.0 Å². The van der Waals surface area contributed by atoms with E-state index in [1.54, 1.807) is 0 Å². The average Bonchev–Trinajstić information content (AvgIpc) is 3.31. The van der Waals surface area contributed by atoms with Crippen LogP contribution in [0.3, 0.4) is 0 Å². The molecule has 3 heterocycles. The summed E-state index contributed by atoms with van der Waals surface area (Å²) in [6, 6.07) is 9.70. The first-order valence-corrected chi connectivity index (χ1v) is 12.9. The number of halogens is 5. The number of hydrogen-bond donors (Lipinski definition) is 3. The number of anilines is 2. The lowest BCUT2D eigenvalue weighted by atomic mass is 9.76. The van der Waals surface area contributed by atoms with Crippen molar-refractivity contribution in [1.29, 1.82) is 0 Å². The molecule has 2 atom stereocenters. The average molecular weight is 580 g/mol. The van der Waals surface area contributed by atoms with E-state index >= 15 is 0 Å².